The fraction of sp³-hybridized carbons (Fsp3) is 0.250. The lowest BCUT2D eigenvalue weighted by Crippen LogP contribution is -2.55. The number of aliphatic hydroxyl groups is 1. The molecular weight excluding hydrogens is 560 g/mol. The summed E-state index contributed by atoms with van der Waals surface area (Å²) >= 11 is 6.78. The van der Waals surface area contributed by atoms with Crippen molar-refractivity contribution >= 4 is 55.2 Å². The van der Waals surface area contributed by atoms with E-state index < -0.39 is 5.60 Å². The molecule has 0 atom stereocenters. The average Bonchev–Trinajstić information content (AvgIpc) is 3.56. The molecular formula is C40H33ClN2O. The largest absolute Gasteiger partial charge is 0.385 e. The summed E-state index contributed by atoms with van der Waals surface area (Å²) in [5.74, 6) is 2.18. The van der Waals surface area contributed by atoms with Crippen LogP contribution >= 0.6 is 11.6 Å². The summed E-state index contributed by atoms with van der Waals surface area (Å²) in [4.78, 5) is 0. The molecule has 0 radical (unpaired) electrons. The maximum atomic E-state index is 12.8. The molecule has 5 aromatic carbocycles. The van der Waals surface area contributed by atoms with E-state index in [1.54, 1.807) is 0 Å². The highest BCUT2D eigenvalue weighted by Gasteiger charge is 2.58. The van der Waals surface area contributed by atoms with Crippen LogP contribution in [0.4, 0.5) is 0 Å². The Morgan fingerprint density at radius 2 is 1.07 bits per heavy atom. The van der Waals surface area contributed by atoms with Crippen LogP contribution in [0, 0.1) is 23.7 Å². The predicted molar refractivity (Wildman–Crippen MR) is 181 cm³/mol. The SMILES string of the molecule is OC1(c2ccc(Cl)cc2-n2c3ccccc3c3cc(-n4c5ccccc5c5ccccc54)ccc32)C2CC3CC(C2)CC1C3. The quantitative estimate of drug-likeness (QED) is 0.217. The molecule has 2 aromatic heterocycles. The van der Waals surface area contributed by atoms with Crippen LogP contribution < -0.4 is 0 Å². The molecule has 4 fully saturated rings. The monoisotopic (exact) mass is 592 g/mol. The van der Waals surface area contributed by atoms with Gasteiger partial charge in [0.25, 0.3) is 0 Å². The number of para-hydroxylation sites is 3. The second kappa shape index (κ2) is 9.00. The van der Waals surface area contributed by atoms with Gasteiger partial charge >= 0.3 is 0 Å². The van der Waals surface area contributed by atoms with Crippen molar-refractivity contribution in [3.63, 3.8) is 0 Å². The molecule has 0 aliphatic heterocycles. The summed E-state index contributed by atoms with van der Waals surface area (Å²) in [6.45, 7) is 0. The third-order valence-corrected chi connectivity index (χ3v) is 11.7. The van der Waals surface area contributed by atoms with Crippen molar-refractivity contribution in [1.82, 2.24) is 9.13 Å². The molecule has 1 N–H and O–H groups in total. The normalized spacial score (nSPS) is 26.0. The van der Waals surface area contributed by atoms with Gasteiger partial charge in [-0.25, -0.2) is 0 Å². The molecule has 216 valence electrons. The van der Waals surface area contributed by atoms with E-state index in [4.69, 9.17) is 11.6 Å². The number of halogens is 1. The first kappa shape index (κ1) is 25.3. The first-order valence-electron chi connectivity index (χ1n) is 16.1. The molecule has 0 amide bonds. The molecule has 0 unspecified atom stereocenters. The van der Waals surface area contributed by atoms with E-state index in [0.717, 1.165) is 65.5 Å². The van der Waals surface area contributed by atoms with Gasteiger partial charge in [0.15, 0.2) is 0 Å². The van der Waals surface area contributed by atoms with Crippen molar-refractivity contribution in [2.24, 2.45) is 23.7 Å². The fourth-order valence-electron chi connectivity index (χ4n) is 9.93. The highest BCUT2D eigenvalue weighted by molar-refractivity contribution is 6.30. The number of hydrogen-bond donors (Lipinski definition) is 1. The lowest BCUT2D eigenvalue weighted by molar-refractivity contribution is -0.179. The molecule has 4 heteroatoms. The van der Waals surface area contributed by atoms with E-state index in [2.05, 4.69) is 112 Å². The Morgan fingerprint density at radius 3 is 1.68 bits per heavy atom. The van der Waals surface area contributed by atoms with Gasteiger partial charge in [-0.15, -0.1) is 0 Å². The second-order valence-electron chi connectivity index (χ2n) is 13.7. The molecule has 0 spiro atoms. The Labute approximate surface area is 261 Å². The van der Waals surface area contributed by atoms with E-state index in [1.807, 2.05) is 6.07 Å². The van der Waals surface area contributed by atoms with Gasteiger partial charge in [-0.1, -0.05) is 72.3 Å². The van der Waals surface area contributed by atoms with Crippen molar-refractivity contribution in [3.05, 3.63) is 120 Å². The third kappa shape index (κ3) is 3.32. The van der Waals surface area contributed by atoms with Crippen molar-refractivity contribution < 1.29 is 5.11 Å². The summed E-state index contributed by atoms with van der Waals surface area (Å²) in [6.07, 6.45) is 5.92. The summed E-state index contributed by atoms with van der Waals surface area (Å²) in [6, 6.07) is 39.1. The maximum Gasteiger partial charge on any atom is 0.0973 e. The fourth-order valence-corrected chi connectivity index (χ4v) is 10.1. The van der Waals surface area contributed by atoms with Crippen molar-refractivity contribution in [1.29, 1.82) is 0 Å². The Hall–Kier alpha value is -4.05. The second-order valence-corrected chi connectivity index (χ2v) is 14.2. The zero-order valence-corrected chi connectivity index (χ0v) is 25.2. The number of nitrogens with zero attached hydrogens (tertiary/aromatic N) is 2. The van der Waals surface area contributed by atoms with E-state index in [9.17, 15) is 5.11 Å². The summed E-state index contributed by atoms with van der Waals surface area (Å²) < 4.78 is 4.75. The number of fused-ring (bicyclic) bond motifs is 6. The topological polar surface area (TPSA) is 30.1 Å². The summed E-state index contributed by atoms with van der Waals surface area (Å²) in [7, 11) is 0. The Morgan fingerprint density at radius 1 is 0.545 bits per heavy atom. The predicted octanol–water partition coefficient (Wildman–Crippen LogP) is 10.2. The minimum Gasteiger partial charge on any atom is -0.385 e. The van der Waals surface area contributed by atoms with Crippen molar-refractivity contribution in [2.75, 3.05) is 0 Å². The zero-order valence-electron chi connectivity index (χ0n) is 24.5. The first-order chi connectivity index (χ1) is 21.6. The lowest BCUT2D eigenvalue weighted by Gasteiger charge is -2.59. The molecule has 7 aromatic rings. The van der Waals surface area contributed by atoms with Gasteiger partial charge in [-0.2, -0.15) is 0 Å². The standard InChI is InChI=1S/C40H33ClN2O/c41-28-13-15-34(40(44)26-18-24-17-25(20-26)21-27(40)19-24)39(22-28)43-37-12-6-3-9-32(37)33-23-29(14-16-38(33)43)42-35-10-4-1-7-30(35)31-8-2-5-11-36(31)42/h1-16,22-27,44H,17-21H2. The van der Waals surface area contributed by atoms with E-state index in [-0.39, 0.29) is 0 Å². The van der Waals surface area contributed by atoms with Gasteiger partial charge in [0, 0.05) is 37.8 Å². The highest BCUT2D eigenvalue weighted by Crippen LogP contribution is 2.62. The van der Waals surface area contributed by atoms with Crippen LogP contribution in [-0.2, 0) is 5.60 Å². The van der Waals surface area contributed by atoms with E-state index >= 15 is 0 Å². The highest BCUT2D eigenvalue weighted by atomic mass is 35.5. The van der Waals surface area contributed by atoms with Crippen molar-refractivity contribution in [2.45, 2.75) is 37.7 Å². The van der Waals surface area contributed by atoms with Gasteiger partial charge in [0.05, 0.1) is 33.4 Å². The third-order valence-electron chi connectivity index (χ3n) is 11.5. The molecule has 4 saturated carbocycles. The van der Waals surface area contributed by atoms with Crippen LogP contribution in [0.15, 0.2) is 109 Å². The van der Waals surface area contributed by atoms with E-state index in [1.165, 1.54) is 39.0 Å². The molecule has 44 heavy (non-hydrogen) atoms. The zero-order chi connectivity index (χ0) is 29.2. The van der Waals surface area contributed by atoms with Gasteiger partial charge in [-0.3, -0.25) is 0 Å². The number of hydrogen-bond acceptors (Lipinski definition) is 1. The van der Waals surface area contributed by atoms with Gasteiger partial charge in [0.2, 0.25) is 0 Å². The molecule has 4 aliphatic carbocycles. The average molecular weight is 593 g/mol. The summed E-state index contributed by atoms with van der Waals surface area (Å²) in [5.41, 5.74) is 7.06. The van der Waals surface area contributed by atoms with Crippen molar-refractivity contribution in [3.8, 4) is 11.4 Å². The van der Waals surface area contributed by atoms with Gasteiger partial charge < -0.3 is 14.2 Å². The van der Waals surface area contributed by atoms with Crippen LogP contribution in [0.25, 0.3) is 55.0 Å². The van der Waals surface area contributed by atoms with Crippen LogP contribution in [-0.4, -0.2) is 14.2 Å². The van der Waals surface area contributed by atoms with Crippen LogP contribution in [0.1, 0.15) is 37.7 Å². The minimum absolute atomic E-state index is 0.314. The Kier molecular flexibility index (Phi) is 5.17. The van der Waals surface area contributed by atoms with E-state index in [0.29, 0.717) is 16.9 Å². The molecule has 2 heterocycles. The number of aromatic nitrogens is 2. The Bertz CT molecular complexity index is 2210. The Balaban J connectivity index is 1.23. The number of benzene rings is 5. The summed E-state index contributed by atoms with van der Waals surface area (Å²) in [5, 5.41) is 18.4. The first-order valence-corrected chi connectivity index (χ1v) is 16.5. The lowest BCUT2D eigenvalue weighted by atomic mass is 9.48. The molecule has 4 bridgehead atoms. The molecule has 4 aliphatic rings. The van der Waals surface area contributed by atoms with Gasteiger partial charge in [-0.05, 0) is 104 Å². The van der Waals surface area contributed by atoms with Crippen LogP contribution in [0.5, 0.6) is 0 Å². The smallest absolute Gasteiger partial charge is 0.0973 e. The molecule has 3 nitrogen and oxygen atoms in total. The van der Waals surface area contributed by atoms with Crippen LogP contribution in [0.2, 0.25) is 5.02 Å². The minimum atomic E-state index is -0.825. The molecule has 11 rings (SSSR count). The van der Waals surface area contributed by atoms with Gasteiger partial charge in [0.1, 0.15) is 0 Å². The number of rotatable bonds is 3. The van der Waals surface area contributed by atoms with Crippen LogP contribution in [0.3, 0.4) is 0 Å². The molecule has 0 saturated heterocycles. The maximum absolute atomic E-state index is 12.8.